The molecule has 0 unspecified atom stereocenters. The highest BCUT2D eigenvalue weighted by Crippen LogP contribution is 2.38. The second-order valence-electron chi connectivity index (χ2n) is 5.39. The third kappa shape index (κ3) is 2.38. The van der Waals surface area contributed by atoms with Gasteiger partial charge in [-0.2, -0.15) is 0 Å². The highest BCUT2D eigenvalue weighted by molar-refractivity contribution is 9.10. The smallest absolute Gasteiger partial charge is 0.0666 e. The number of fused-ring (bicyclic) bond motifs is 2. The van der Waals surface area contributed by atoms with E-state index in [9.17, 15) is 0 Å². The van der Waals surface area contributed by atoms with Crippen LogP contribution in [0.2, 0.25) is 0 Å². The first kappa shape index (κ1) is 13.4. The zero-order valence-electron chi connectivity index (χ0n) is 12.0. The minimum Gasteiger partial charge on any atom is -0.294 e. The summed E-state index contributed by atoms with van der Waals surface area (Å²) in [7, 11) is 0. The van der Waals surface area contributed by atoms with Crippen LogP contribution in [0.5, 0.6) is 0 Å². The number of nitrogens with zero attached hydrogens (tertiary/aromatic N) is 1. The van der Waals surface area contributed by atoms with Crippen molar-refractivity contribution in [2.24, 2.45) is 0 Å². The zero-order valence-corrected chi connectivity index (χ0v) is 13.5. The lowest BCUT2D eigenvalue weighted by atomic mass is 9.97. The predicted octanol–water partition coefficient (Wildman–Crippen LogP) is 5.52. The molecule has 0 atom stereocenters. The first-order valence-corrected chi connectivity index (χ1v) is 8.09. The van der Waals surface area contributed by atoms with Crippen LogP contribution in [0, 0.1) is 0 Å². The number of hydrogen-bond donors (Lipinski definition) is 1. The van der Waals surface area contributed by atoms with E-state index in [0.717, 1.165) is 16.6 Å². The lowest BCUT2D eigenvalue weighted by Gasteiger charge is -2.34. The van der Waals surface area contributed by atoms with Crippen molar-refractivity contribution in [3.63, 3.8) is 0 Å². The summed E-state index contributed by atoms with van der Waals surface area (Å²) >= 11 is 3.53. The van der Waals surface area contributed by atoms with Crippen molar-refractivity contribution < 1.29 is 0 Å². The van der Waals surface area contributed by atoms with E-state index in [4.69, 9.17) is 0 Å². The summed E-state index contributed by atoms with van der Waals surface area (Å²) in [5.41, 5.74) is 9.69. The summed E-state index contributed by atoms with van der Waals surface area (Å²) < 4.78 is 1.07. The summed E-state index contributed by atoms with van der Waals surface area (Å²) in [6.45, 7) is 0. The molecule has 0 bridgehead atoms. The lowest BCUT2D eigenvalue weighted by Crippen LogP contribution is -2.29. The molecule has 108 valence electrons. The molecule has 0 spiro atoms. The Morgan fingerprint density at radius 2 is 1.41 bits per heavy atom. The topological polar surface area (TPSA) is 15.3 Å². The Balaban J connectivity index is 1.81. The number of nitrogens with one attached hydrogen (secondary N) is 1. The molecule has 4 rings (SSSR count). The molecule has 0 radical (unpaired) electrons. The van der Waals surface area contributed by atoms with E-state index >= 15 is 0 Å². The van der Waals surface area contributed by atoms with Gasteiger partial charge in [0.2, 0.25) is 0 Å². The van der Waals surface area contributed by atoms with Crippen molar-refractivity contribution in [3.8, 4) is 0 Å². The largest absolute Gasteiger partial charge is 0.294 e. The summed E-state index contributed by atoms with van der Waals surface area (Å²) in [5.74, 6) is 0. The number of hydrazine groups is 1. The second-order valence-corrected chi connectivity index (χ2v) is 6.31. The van der Waals surface area contributed by atoms with E-state index in [1.807, 2.05) is 12.1 Å². The summed E-state index contributed by atoms with van der Waals surface area (Å²) in [5, 5.41) is 2.18. The minimum absolute atomic E-state index is 0.975. The van der Waals surface area contributed by atoms with Crippen molar-refractivity contribution >= 4 is 33.0 Å². The molecular weight excluding hydrogens is 336 g/mol. The van der Waals surface area contributed by atoms with Gasteiger partial charge in [0.05, 0.1) is 17.1 Å². The Bertz CT molecular complexity index is 783. The molecule has 0 aromatic heterocycles. The van der Waals surface area contributed by atoms with Gasteiger partial charge in [0.15, 0.2) is 0 Å². The summed E-state index contributed by atoms with van der Waals surface area (Å²) in [6, 6.07) is 25.3. The number of anilines is 3. The molecule has 0 fully saturated rings. The van der Waals surface area contributed by atoms with E-state index in [-0.39, 0.29) is 0 Å². The average Bonchev–Trinajstić information content (AvgIpc) is 2.55. The molecule has 1 heterocycles. The van der Waals surface area contributed by atoms with Gasteiger partial charge >= 0.3 is 0 Å². The summed E-state index contributed by atoms with van der Waals surface area (Å²) in [6.07, 6.45) is 0.975. The standard InChI is InChI=1S/C19H15BrN2/c20-16-8-5-9-17(13-16)21-22-18-10-3-1-6-14(18)12-15-7-2-4-11-19(15)22/h1-11,13,21H,12H2. The van der Waals surface area contributed by atoms with Crippen LogP contribution in [0.25, 0.3) is 0 Å². The quantitative estimate of drug-likeness (QED) is 0.654. The molecule has 2 nitrogen and oxygen atoms in total. The average molecular weight is 351 g/mol. The molecular formula is C19H15BrN2. The Morgan fingerprint density at radius 3 is 2.05 bits per heavy atom. The number of para-hydroxylation sites is 2. The molecule has 3 aromatic rings. The van der Waals surface area contributed by atoms with Gasteiger partial charge in [-0.05, 0) is 41.5 Å². The molecule has 0 saturated heterocycles. The van der Waals surface area contributed by atoms with Crippen molar-refractivity contribution in [2.75, 3.05) is 10.4 Å². The van der Waals surface area contributed by atoms with Crippen LogP contribution in [0.3, 0.4) is 0 Å². The fourth-order valence-electron chi connectivity index (χ4n) is 2.90. The summed E-state index contributed by atoms with van der Waals surface area (Å²) in [4.78, 5) is 0. The number of benzene rings is 3. The maximum atomic E-state index is 3.54. The maximum Gasteiger partial charge on any atom is 0.0666 e. The number of halogens is 1. The molecule has 1 aliphatic rings. The third-order valence-electron chi connectivity index (χ3n) is 3.91. The van der Waals surface area contributed by atoms with Crippen LogP contribution in [0.15, 0.2) is 77.3 Å². The first-order valence-electron chi connectivity index (χ1n) is 7.29. The maximum absolute atomic E-state index is 3.54. The molecule has 0 saturated carbocycles. The van der Waals surface area contributed by atoms with Gasteiger partial charge in [-0.25, -0.2) is 0 Å². The van der Waals surface area contributed by atoms with E-state index in [1.165, 1.54) is 22.5 Å². The van der Waals surface area contributed by atoms with Crippen LogP contribution in [-0.2, 0) is 6.42 Å². The SMILES string of the molecule is Brc1cccc(NN2c3ccccc3Cc3ccccc32)c1. The molecule has 3 aromatic carbocycles. The van der Waals surface area contributed by atoms with Gasteiger partial charge in [0, 0.05) is 10.9 Å². The van der Waals surface area contributed by atoms with Crippen LogP contribution < -0.4 is 10.4 Å². The Hall–Kier alpha value is -2.26. The van der Waals surface area contributed by atoms with Gasteiger partial charge < -0.3 is 0 Å². The molecule has 1 N–H and O–H groups in total. The molecule has 22 heavy (non-hydrogen) atoms. The zero-order chi connectivity index (χ0) is 14.9. The predicted molar refractivity (Wildman–Crippen MR) is 95.6 cm³/mol. The van der Waals surface area contributed by atoms with Crippen LogP contribution in [0.1, 0.15) is 11.1 Å². The van der Waals surface area contributed by atoms with Crippen LogP contribution in [-0.4, -0.2) is 0 Å². The normalized spacial score (nSPS) is 12.5. The van der Waals surface area contributed by atoms with Crippen molar-refractivity contribution in [1.82, 2.24) is 0 Å². The highest BCUT2D eigenvalue weighted by Gasteiger charge is 2.21. The number of hydrogen-bond acceptors (Lipinski definition) is 2. The molecule has 0 aliphatic carbocycles. The third-order valence-corrected chi connectivity index (χ3v) is 4.40. The van der Waals surface area contributed by atoms with Gasteiger partial charge in [-0.3, -0.25) is 10.4 Å². The van der Waals surface area contributed by atoms with E-state index in [2.05, 4.69) is 87.0 Å². The van der Waals surface area contributed by atoms with Gasteiger partial charge in [-0.15, -0.1) is 0 Å². The van der Waals surface area contributed by atoms with E-state index in [1.54, 1.807) is 0 Å². The molecule has 0 amide bonds. The molecule has 3 heteroatoms. The second kappa shape index (κ2) is 5.50. The van der Waals surface area contributed by atoms with E-state index in [0.29, 0.717) is 0 Å². The van der Waals surface area contributed by atoms with Crippen molar-refractivity contribution in [1.29, 1.82) is 0 Å². The van der Waals surface area contributed by atoms with Gasteiger partial charge in [0.1, 0.15) is 0 Å². The lowest BCUT2D eigenvalue weighted by molar-refractivity contribution is 1.04. The Labute approximate surface area is 138 Å². The van der Waals surface area contributed by atoms with E-state index < -0.39 is 0 Å². The minimum atomic E-state index is 0.975. The van der Waals surface area contributed by atoms with Gasteiger partial charge in [0.25, 0.3) is 0 Å². The Kier molecular flexibility index (Phi) is 3.35. The number of rotatable bonds is 2. The van der Waals surface area contributed by atoms with Crippen molar-refractivity contribution in [3.05, 3.63) is 88.4 Å². The first-order chi connectivity index (χ1) is 10.8. The fourth-order valence-corrected chi connectivity index (χ4v) is 3.30. The monoisotopic (exact) mass is 350 g/mol. The molecule has 1 aliphatic heterocycles. The fraction of sp³-hybridized carbons (Fsp3) is 0.0526. The van der Waals surface area contributed by atoms with Crippen LogP contribution >= 0.6 is 15.9 Å². The van der Waals surface area contributed by atoms with Crippen molar-refractivity contribution in [2.45, 2.75) is 6.42 Å². The van der Waals surface area contributed by atoms with Crippen LogP contribution in [0.4, 0.5) is 17.1 Å². The Morgan fingerprint density at radius 1 is 0.773 bits per heavy atom. The highest BCUT2D eigenvalue weighted by atomic mass is 79.9. The van der Waals surface area contributed by atoms with Gasteiger partial charge in [-0.1, -0.05) is 58.4 Å².